The summed E-state index contributed by atoms with van der Waals surface area (Å²) in [6, 6.07) is 0. The Kier molecular flexibility index (Phi) is 6.84. The van der Waals surface area contributed by atoms with Gasteiger partial charge in [0.25, 0.3) is 0 Å². The van der Waals surface area contributed by atoms with E-state index in [0.717, 1.165) is 31.8 Å². The van der Waals surface area contributed by atoms with Gasteiger partial charge in [-0.05, 0) is 38.3 Å². The van der Waals surface area contributed by atoms with Gasteiger partial charge < -0.3 is 9.63 Å². The Morgan fingerprint density at radius 2 is 1.96 bits per heavy atom. The highest BCUT2D eigenvalue weighted by atomic mass is 16.5. The fourth-order valence-corrected chi connectivity index (χ4v) is 4.29. The summed E-state index contributed by atoms with van der Waals surface area (Å²) >= 11 is 0. The smallest absolute Gasteiger partial charge is 0.304 e. The van der Waals surface area contributed by atoms with Gasteiger partial charge in [0.15, 0.2) is 5.82 Å². The highest BCUT2D eigenvalue weighted by Gasteiger charge is 2.24. The van der Waals surface area contributed by atoms with Gasteiger partial charge in [-0.25, -0.2) is 0 Å². The lowest BCUT2D eigenvalue weighted by molar-refractivity contribution is -0.137. The lowest BCUT2D eigenvalue weighted by Crippen LogP contribution is -2.19. The Morgan fingerprint density at radius 3 is 2.68 bits per heavy atom. The largest absolute Gasteiger partial charge is 0.481 e. The molecule has 2 fully saturated rings. The second kappa shape index (κ2) is 9.32. The van der Waals surface area contributed by atoms with Crippen molar-refractivity contribution in [1.29, 1.82) is 0 Å². The van der Waals surface area contributed by atoms with Crippen LogP contribution >= 0.6 is 0 Å². The van der Waals surface area contributed by atoms with Crippen molar-refractivity contribution >= 4 is 5.97 Å². The van der Waals surface area contributed by atoms with Crippen LogP contribution in [0.4, 0.5) is 0 Å². The molecule has 0 amide bonds. The van der Waals surface area contributed by atoms with Crippen molar-refractivity contribution in [3.63, 3.8) is 0 Å². The average Bonchev–Trinajstić information content (AvgIpc) is 3.27. The van der Waals surface area contributed by atoms with E-state index in [-0.39, 0.29) is 12.3 Å². The molecular weight excluding hydrogens is 318 g/mol. The molecule has 0 bridgehead atoms. The number of rotatable bonds is 9. The van der Waals surface area contributed by atoms with E-state index in [9.17, 15) is 9.90 Å². The number of hydrogen-bond donors (Lipinski definition) is 1. The van der Waals surface area contributed by atoms with Crippen molar-refractivity contribution in [2.24, 2.45) is 5.92 Å². The van der Waals surface area contributed by atoms with Gasteiger partial charge >= 0.3 is 5.97 Å². The molecule has 25 heavy (non-hydrogen) atoms. The number of hydrogen-bond acceptors (Lipinski definition) is 5. The van der Waals surface area contributed by atoms with E-state index in [4.69, 9.17) is 4.52 Å². The SMILES string of the molecule is O=C(O)CC(CCCC1CCCCC1)c1nc(CN2CCCC2)no1. The molecule has 2 heterocycles. The zero-order valence-corrected chi connectivity index (χ0v) is 15.2. The van der Waals surface area contributed by atoms with E-state index in [1.807, 2.05) is 0 Å². The normalized spacial score (nSPS) is 20.8. The lowest BCUT2D eigenvalue weighted by Gasteiger charge is -2.21. The highest BCUT2D eigenvalue weighted by molar-refractivity contribution is 5.67. The van der Waals surface area contributed by atoms with Gasteiger partial charge in [0.2, 0.25) is 5.89 Å². The Morgan fingerprint density at radius 1 is 1.20 bits per heavy atom. The molecule has 140 valence electrons. The maximum Gasteiger partial charge on any atom is 0.304 e. The molecule has 1 saturated carbocycles. The summed E-state index contributed by atoms with van der Waals surface area (Å²) in [5.74, 6) is 1.09. The molecule has 3 rings (SSSR count). The van der Waals surface area contributed by atoms with Crippen molar-refractivity contribution < 1.29 is 14.4 Å². The zero-order chi connectivity index (χ0) is 17.5. The average molecular weight is 349 g/mol. The van der Waals surface area contributed by atoms with Crippen molar-refractivity contribution in [2.75, 3.05) is 13.1 Å². The van der Waals surface area contributed by atoms with Gasteiger partial charge in [0, 0.05) is 5.92 Å². The zero-order valence-electron chi connectivity index (χ0n) is 15.2. The van der Waals surface area contributed by atoms with Crippen molar-refractivity contribution in [2.45, 2.75) is 83.1 Å². The van der Waals surface area contributed by atoms with Crippen LogP contribution in [0.5, 0.6) is 0 Å². The van der Waals surface area contributed by atoms with Gasteiger partial charge in [-0.3, -0.25) is 9.69 Å². The van der Waals surface area contributed by atoms with Crippen LogP contribution in [0, 0.1) is 5.92 Å². The summed E-state index contributed by atoms with van der Waals surface area (Å²) in [6.45, 7) is 2.89. The van der Waals surface area contributed by atoms with Gasteiger partial charge in [0.1, 0.15) is 0 Å². The van der Waals surface area contributed by atoms with E-state index in [1.54, 1.807) is 0 Å². The highest BCUT2D eigenvalue weighted by Crippen LogP contribution is 2.31. The van der Waals surface area contributed by atoms with Gasteiger partial charge in [-0.2, -0.15) is 4.98 Å². The number of aliphatic carboxylic acids is 1. The van der Waals surface area contributed by atoms with Crippen LogP contribution in [-0.4, -0.2) is 39.2 Å². The third-order valence-electron chi connectivity index (χ3n) is 5.71. The molecule has 1 aromatic heterocycles. The molecule has 6 nitrogen and oxygen atoms in total. The van der Waals surface area contributed by atoms with E-state index in [1.165, 1.54) is 51.4 Å². The third-order valence-corrected chi connectivity index (χ3v) is 5.71. The van der Waals surface area contributed by atoms with Crippen LogP contribution < -0.4 is 0 Å². The molecule has 1 aliphatic heterocycles. The van der Waals surface area contributed by atoms with Crippen molar-refractivity contribution in [3.05, 3.63) is 11.7 Å². The second-order valence-corrected chi connectivity index (χ2v) is 7.76. The number of aromatic nitrogens is 2. The van der Waals surface area contributed by atoms with Crippen LogP contribution in [0.25, 0.3) is 0 Å². The molecule has 2 aliphatic rings. The minimum atomic E-state index is -0.790. The Labute approximate surface area is 150 Å². The fraction of sp³-hybridized carbons (Fsp3) is 0.842. The van der Waals surface area contributed by atoms with Crippen LogP contribution in [0.15, 0.2) is 4.52 Å². The molecule has 0 radical (unpaired) electrons. The minimum absolute atomic E-state index is 0.0794. The van der Waals surface area contributed by atoms with E-state index < -0.39 is 5.97 Å². The van der Waals surface area contributed by atoms with Crippen molar-refractivity contribution in [3.8, 4) is 0 Å². The predicted octanol–water partition coefficient (Wildman–Crippen LogP) is 3.97. The van der Waals surface area contributed by atoms with Gasteiger partial charge in [-0.1, -0.05) is 50.1 Å². The molecule has 1 aliphatic carbocycles. The fourth-order valence-electron chi connectivity index (χ4n) is 4.29. The predicted molar refractivity (Wildman–Crippen MR) is 94.2 cm³/mol. The quantitative estimate of drug-likeness (QED) is 0.726. The van der Waals surface area contributed by atoms with Crippen LogP contribution in [0.1, 0.15) is 88.3 Å². The summed E-state index contributed by atoms with van der Waals surface area (Å²) in [5, 5.41) is 13.3. The first-order chi connectivity index (χ1) is 12.2. The van der Waals surface area contributed by atoms with E-state index >= 15 is 0 Å². The maximum atomic E-state index is 11.2. The van der Waals surface area contributed by atoms with Crippen LogP contribution in [0.2, 0.25) is 0 Å². The summed E-state index contributed by atoms with van der Waals surface area (Å²) in [5.41, 5.74) is 0. The number of nitrogens with zero attached hydrogens (tertiary/aromatic N) is 3. The molecule has 1 saturated heterocycles. The number of carboxylic acid groups (broad SMARTS) is 1. The summed E-state index contributed by atoms with van der Waals surface area (Å²) in [7, 11) is 0. The summed E-state index contributed by atoms with van der Waals surface area (Å²) < 4.78 is 5.43. The molecule has 1 N–H and O–H groups in total. The van der Waals surface area contributed by atoms with Crippen molar-refractivity contribution in [1.82, 2.24) is 15.0 Å². The Hall–Kier alpha value is -1.43. The Balaban J connectivity index is 1.52. The minimum Gasteiger partial charge on any atom is -0.481 e. The molecule has 1 aromatic rings. The molecular formula is C19H31N3O3. The summed E-state index contributed by atoms with van der Waals surface area (Å²) in [6.07, 6.45) is 12.4. The molecule has 0 spiro atoms. The topological polar surface area (TPSA) is 79.5 Å². The maximum absolute atomic E-state index is 11.2. The lowest BCUT2D eigenvalue weighted by atomic mass is 9.84. The first-order valence-corrected chi connectivity index (χ1v) is 9.97. The van der Waals surface area contributed by atoms with Gasteiger partial charge in [0.05, 0.1) is 13.0 Å². The molecule has 0 aromatic carbocycles. The molecule has 1 unspecified atom stereocenters. The Bertz CT molecular complexity index is 534. The second-order valence-electron chi connectivity index (χ2n) is 7.76. The number of likely N-dealkylation sites (tertiary alicyclic amines) is 1. The third kappa shape index (κ3) is 5.80. The first-order valence-electron chi connectivity index (χ1n) is 9.97. The first kappa shape index (κ1) is 18.4. The monoisotopic (exact) mass is 349 g/mol. The van der Waals surface area contributed by atoms with E-state index in [0.29, 0.717) is 18.3 Å². The molecule has 1 atom stereocenters. The number of carbonyl (C=O) groups is 1. The number of carboxylic acids is 1. The van der Waals surface area contributed by atoms with Gasteiger partial charge in [-0.15, -0.1) is 0 Å². The standard InChI is InChI=1S/C19H31N3O3/c23-18(24)13-16(10-6-9-15-7-2-1-3-8-15)19-20-17(21-25-19)14-22-11-4-5-12-22/h15-16H,1-14H2,(H,23,24). The van der Waals surface area contributed by atoms with Crippen LogP contribution in [0.3, 0.4) is 0 Å². The van der Waals surface area contributed by atoms with Crippen LogP contribution in [-0.2, 0) is 11.3 Å². The van der Waals surface area contributed by atoms with E-state index in [2.05, 4.69) is 15.0 Å². The summed E-state index contributed by atoms with van der Waals surface area (Å²) in [4.78, 5) is 18.1. The molecule has 6 heteroatoms.